The first kappa shape index (κ1) is 20.4. The first-order valence-corrected chi connectivity index (χ1v) is 9.71. The van der Waals surface area contributed by atoms with E-state index in [0.29, 0.717) is 27.9 Å². The molecule has 0 aliphatic heterocycles. The van der Waals surface area contributed by atoms with Gasteiger partial charge in [0, 0.05) is 22.2 Å². The van der Waals surface area contributed by atoms with Crippen molar-refractivity contribution in [2.24, 2.45) is 0 Å². The molecular formula is C23H18ClN3O4. The van der Waals surface area contributed by atoms with Gasteiger partial charge in [-0.2, -0.15) is 0 Å². The molecule has 7 nitrogen and oxygen atoms in total. The quantitative estimate of drug-likeness (QED) is 0.296. The molecule has 156 valence electrons. The number of aromatic amines is 1. The minimum Gasteiger partial charge on any atom is -0.493 e. The van der Waals surface area contributed by atoms with E-state index in [9.17, 15) is 10.1 Å². The highest BCUT2D eigenvalue weighted by Gasteiger charge is 2.25. The van der Waals surface area contributed by atoms with Crippen LogP contribution >= 0.6 is 11.6 Å². The largest absolute Gasteiger partial charge is 0.493 e. The molecule has 0 aliphatic carbocycles. The lowest BCUT2D eigenvalue weighted by Crippen LogP contribution is -1.97. The zero-order chi connectivity index (χ0) is 22.0. The second-order valence-electron chi connectivity index (χ2n) is 6.66. The topological polar surface area (TPSA) is 90.3 Å². The van der Waals surface area contributed by atoms with Gasteiger partial charge in [-0.05, 0) is 12.1 Å². The number of nitro groups is 1. The van der Waals surface area contributed by atoms with E-state index in [-0.39, 0.29) is 11.4 Å². The highest BCUT2D eigenvalue weighted by atomic mass is 35.5. The molecule has 8 heteroatoms. The van der Waals surface area contributed by atoms with Gasteiger partial charge in [0.05, 0.1) is 42.2 Å². The summed E-state index contributed by atoms with van der Waals surface area (Å²) in [5.41, 5.74) is 3.26. The van der Waals surface area contributed by atoms with Crippen molar-refractivity contribution < 1.29 is 14.4 Å². The maximum Gasteiger partial charge on any atom is 0.284 e. The Hall–Kier alpha value is -3.84. The van der Waals surface area contributed by atoms with Crippen LogP contribution in [0.5, 0.6) is 11.5 Å². The molecule has 0 spiro atoms. The molecule has 0 saturated heterocycles. The van der Waals surface area contributed by atoms with Crippen LogP contribution in [0.2, 0.25) is 5.02 Å². The Morgan fingerprint density at radius 2 is 1.58 bits per heavy atom. The second-order valence-corrected chi connectivity index (χ2v) is 7.10. The number of halogens is 1. The molecule has 0 amide bonds. The number of rotatable bonds is 6. The lowest BCUT2D eigenvalue weighted by Gasteiger charge is -2.09. The van der Waals surface area contributed by atoms with E-state index in [4.69, 9.17) is 26.1 Å². The molecular weight excluding hydrogens is 418 g/mol. The summed E-state index contributed by atoms with van der Waals surface area (Å²) in [5, 5.41) is 12.4. The fourth-order valence-electron chi connectivity index (χ4n) is 3.34. The summed E-state index contributed by atoms with van der Waals surface area (Å²) in [7, 11) is 2.91. The van der Waals surface area contributed by atoms with E-state index in [2.05, 4.69) is 4.98 Å². The van der Waals surface area contributed by atoms with Gasteiger partial charge in [0.1, 0.15) is 5.82 Å². The molecule has 3 aromatic carbocycles. The molecule has 0 saturated carbocycles. The van der Waals surface area contributed by atoms with Gasteiger partial charge in [0.25, 0.3) is 5.69 Å². The molecule has 0 atom stereocenters. The number of nitrogens with one attached hydrogen (secondary N) is 1. The van der Waals surface area contributed by atoms with Crippen LogP contribution in [0, 0.1) is 10.1 Å². The summed E-state index contributed by atoms with van der Waals surface area (Å²) in [4.78, 5) is 19.3. The smallest absolute Gasteiger partial charge is 0.284 e. The Labute approximate surface area is 183 Å². The molecule has 1 heterocycles. The number of methoxy groups -OCH3 is 2. The maximum absolute atomic E-state index is 11.8. The molecule has 0 fully saturated rings. The van der Waals surface area contributed by atoms with E-state index >= 15 is 0 Å². The average Bonchev–Trinajstić information content (AvgIpc) is 3.24. The third-order valence-electron chi connectivity index (χ3n) is 4.84. The first-order chi connectivity index (χ1) is 15.0. The molecule has 31 heavy (non-hydrogen) atoms. The van der Waals surface area contributed by atoms with Gasteiger partial charge in [-0.3, -0.25) is 10.1 Å². The van der Waals surface area contributed by atoms with Crippen molar-refractivity contribution in [3.05, 3.63) is 81.9 Å². The van der Waals surface area contributed by atoms with Crippen LogP contribution in [0.1, 0.15) is 0 Å². The first-order valence-electron chi connectivity index (χ1n) is 9.34. The molecule has 4 rings (SSSR count). The van der Waals surface area contributed by atoms with Gasteiger partial charge < -0.3 is 14.5 Å². The Morgan fingerprint density at radius 3 is 2.19 bits per heavy atom. The molecule has 0 aliphatic rings. The Kier molecular flexibility index (Phi) is 5.60. The Morgan fingerprint density at radius 1 is 0.935 bits per heavy atom. The average molecular weight is 436 g/mol. The summed E-state index contributed by atoms with van der Waals surface area (Å²) in [6, 6.07) is 19.8. The number of nitro benzene ring substituents is 1. The summed E-state index contributed by atoms with van der Waals surface area (Å²) in [6.07, 6.45) is 0. The summed E-state index contributed by atoms with van der Waals surface area (Å²) >= 11 is 6.05. The van der Waals surface area contributed by atoms with E-state index < -0.39 is 4.92 Å². The van der Waals surface area contributed by atoms with Crippen LogP contribution in [0.3, 0.4) is 0 Å². The van der Waals surface area contributed by atoms with Crippen LogP contribution < -0.4 is 9.47 Å². The fourth-order valence-corrected chi connectivity index (χ4v) is 3.47. The lowest BCUT2D eigenvalue weighted by atomic mass is 10.1. The second kappa shape index (κ2) is 8.49. The van der Waals surface area contributed by atoms with Crippen molar-refractivity contribution in [2.75, 3.05) is 14.2 Å². The maximum atomic E-state index is 11.8. The fraction of sp³-hybridized carbons (Fsp3) is 0.0870. The van der Waals surface area contributed by atoms with Crippen LogP contribution in [0.15, 0.2) is 66.7 Å². The summed E-state index contributed by atoms with van der Waals surface area (Å²) in [5.74, 6) is 0.982. The highest BCUT2D eigenvalue weighted by Crippen LogP contribution is 2.41. The predicted molar refractivity (Wildman–Crippen MR) is 120 cm³/mol. The standard InChI is InChI=1S/C23H18ClN3O4/c1-30-19-12-17(18(27(28)29)13-20(19)31-2)23-25-21(14-6-4-3-5-7-14)22(26-23)15-8-10-16(24)11-9-15/h3-13H,1-2H3,(H,25,26). The monoisotopic (exact) mass is 435 g/mol. The third-order valence-corrected chi connectivity index (χ3v) is 5.09. The van der Waals surface area contributed by atoms with Crippen molar-refractivity contribution in [1.29, 1.82) is 0 Å². The minimum atomic E-state index is -0.468. The van der Waals surface area contributed by atoms with Crippen LogP contribution in [-0.4, -0.2) is 29.1 Å². The number of nitrogens with zero attached hydrogens (tertiary/aromatic N) is 2. The summed E-state index contributed by atoms with van der Waals surface area (Å²) in [6.45, 7) is 0. The van der Waals surface area contributed by atoms with E-state index in [1.54, 1.807) is 18.2 Å². The predicted octanol–water partition coefficient (Wildman–Crippen LogP) is 5.99. The Balaban J connectivity index is 1.97. The molecule has 4 aromatic rings. The molecule has 0 unspecified atom stereocenters. The normalized spacial score (nSPS) is 10.7. The van der Waals surface area contributed by atoms with Gasteiger partial charge in [-0.1, -0.05) is 54.1 Å². The molecule has 1 aromatic heterocycles. The zero-order valence-corrected chi connectivity index (χ0v) is 17.5. The molecule has 0 bridgehead atoms. The molecule has 0 radical (unpaired) electrons. The number of hydrogen-bond acceptors (Lipinski definition) is 5. The van der Waals surface area contributed by atoms with Gasteiger partial charge in [-0.15, -0.1) is 0 Å². The van der Waals surface area contributed by atoms with Gasteiger partial charge in [0.15, 0.2) is 11.5 Å². The van der Waals surface area contributed by atoms with Crippen LogP contribution in [0.25, 0.3) is 33.9 Å². The van der Waals surface area contributed by atoms with Crippen LogP contribution in [-0.2, 0) is 0 Å². The SMILES string of the molecule is COc1cc(-c2nc(-c3ccccc3)c(-c3ccc(Cl)cc3)[nH]2)c([N+](=O)[O-])cc1OC. The Bertz CT molecular complexity index is 1240. The van der Waals surface area contributed by atoms with E-state index in [1.807, 2.05) is 42.5 Å². The van der Waals surface area contributed by atoms with E-state index in [0.717, 1.165) is 16.8 Å². The number of hydrogen-bond donors (Lipinski definition) is 1. The van der Waals surface area contributed by atoms with Gasteiger partial charge >= 0.3 is 0 Å². The zero-order valence-electron chi connectivity index (χ0n) is 16.8. The highest BCUT2D eigenvalue weighted by molar-refractivity contribution is 6.30. The number of imidazole rings is 1. The number of benzene rings is 3. The van der Waals surface area contributed by atoms with Crippen molar-refractivity contribution in [2.45, 2.75) is 0 Å². The van der Waals surface area contributed by atoms with Crippen molar-refractivity contribution in [3.63, 3.8) is 0 Å². The lowest BCUT2D eigenvalue weighted by molar-refractivity contribution is -0.384. The number of ether oxygens (including phenoxy) is 2. The van der Waals surface area contributed by atoms with E-state index in [1.165, 1.54) is 20.3 Å². The number of H-pyrrole nitrogens is 1. The number of aromatic nitrogens is 2. The third kappa shape index (κ3) is 3.95. The van der Waals surface area contributed by atoms with Crippen molar-refractivity contribution in [3.8, 4) is 45.4 Å². The van der Waals surface area contributed by atoms with Crippen LogP contribution in [0.4, 0.5) is 5.69 Å². The van der Waals surface area contributed by atoms with Crippen molar-refractivity contribution >= 4 is 17.3 Å². The summed E-state index contributed by atoms with van der Waals surface area (Å²) < 4.78 is 10.6. The van der Waals surface area contributed by atoms with Gasteiger partial charge in [0.2, 0.25) is 0 Å². The minimum absolute atomic E-state index is 0.145. The van der Waals surface area contributed by atoms with Gasteiger partial charge in [-0.25, -0.2) is 4.98 Å². The van der Waals surface area contributed by atoms with Crippen molar-refractivity contribution in [1.82, 2.24) is 9.97 Å². The molecule has 1 N–H and O–H groups in total.